The molecule has 0 saturated heterocycles. The van der Waals surface area contributed by atoms with Crippen molar-refractivity contribution in [1.82, 2.24) is 19.7 Å². The van der Waals surface area contributed by atoms with E-state index in [-0.39, 0.29) is 28.8 Å². The van der Waals surface area contributed by atoms with Gasteiger partial charge in [-0.05, 0) is 65.3 Å². The lowest BCUT2D eigenvalue weighted by atomic mass is 9.52. The Kier molecular flexibility index (Phi) is 7.57. The lowest BCUT2D eigenvalue weighted by Crippen LogP contribution is -2.45. The summed E-state index contributed by atoms with van der Waals surface area (Å²) in [6.45, 7) is 4.34. The van der Waals surface area contributed by atoms with Crippen molar-refractivity contribution < 1.29 is 22.8 Å². The van der Waals surface area contributed by atoms with Crippen LogP contribution < -0.4 is 16.4 Å². The van der Waals surface area contributed by atoms with Crippen molar-refractivity contribution in [1.29, 1.82) is 0 Å². The number of anilines is 3. The van der Waals surface area contributed by atoms with Gasteiger partial charge in [-0.2, -0.15) is 18.3 Å². The first-order chi connectivity index (χ1) is 20.1. The third kappa shape index (κ3) is 5.86. The summed E-state index contributed by atoms with van der Waals surface area (Å²) in [5, 5.41) is 10.2. The molecule has 0 bridgehead atoms. The summed E-state index contributed by atoms with van der Waals surface area (Å²) in [6, 6.07) is 12.8. The quantitative estimate of drug-likeness (QED) is 0.236. The van der Waals surface area contributed by atoms with Crippen LogP contribution in [-0.4, -0.2) is 45.7 Å². The molecule has 4 aromatic rings. The van der Waals surface area contributed by atoms with Crippen LogP contribution in [0.25, 0.3) is 22.2 Å². The predicted octanol–water partition coefficient (Wildman–Crippen LogP) is 6.49. The fourth-order valence-electron chi connectivity index (χ4n) is 5.76. The molecule has 9 nitrogen and oxygen atoms in total. The van der Waals surface area contributed by atoms with Gasteiger partial charge < -0.3 is 21.3 Å². The van der Waals surface area contributed by atoms with Crippen molar-refractivity contribution in [3.05, 3.63) is 65.9 Å². The minimum absolute atomic E-state index is 0.0231. The van der Waals surface area contributed by atoms with Crippen LogP contribution in [0.5, 0.6) is 0 Å². The van der Waals surface area contributed by atoms with E-state index in [1.54, 1.807) is 42.9 Å². The molecule has 12 heteroatoms. The Balaban J connectivity index is 1.38. The van der Waals surface area contributed by atoms with Crippen LogP contribution in [0, 0.1) is 11.3 Å². The van der Waals surface area contributed by atoms with Crippen LogP contribution in [0.2, 0.25) is 0 Å². The van der Waals surface area contributed by atoms with Gasteiger partial charge in [-0.3, -0.25) is 4.79 Å². The van der Waals surface area contributed by atoms with E-state index in [9.17, 15) is 22.8 Å². The third-order valence-corrected chi connectivity index (χ3v) is 8.49. The first-order valence-electron chi connectivity index (χ1n) is 13.8. The Morgan fingerprint density at radius 2 is 1.74 bits per heavy atom. The van der Waals surface area contributed by atoms with Gasteiger partial charge in [0, 0.05) is 50.6 Å². The second-order valence-corrected chi connectivity index (χ2v) is 11.8. The first kappa shape index (κ1) is 29.9. The fourth-order valence-corrected chi connectivity index (χ4v) is 5.76. The molecule has 0 spiro atoms. The molecule has 1 aliphatic rings. The van der Waals surface area contributed by atoms with Gasteiger partial charge in [0.1, 0.15) is 0 Å². The molecule has 1 fully saturated rings. The van der Waals surface area contributed by atoms with Gasteiger partial charge in [0.05, 0.1) is 10.9 Å². The number of pyridine rings is 1. The van der Waals surface area contributed by atoms with Crippen LogP contribution in [-0.2, 0) is 18.0 Å². The van der Waals surface area contributed by atoms with Crippen molar-refractivity contribution in [3.63, 3.8) is 0 Å². The number of benzene rings is 2. The molecule has 3 amide bonds. The average molecular weight is 594 g/mol. The topological polar surface area (TPSA) is 118 Å². The Morgan fingerprint density at radius 3 is 2.37 bits per heavy atom. The summed E-state index contributed by atoms with van der Waals surface area (Å²) in [6.07, 6.45) is -3.19. The smallest absolute Gasteiger partial charge is 0.382 e. The van der Waals surface area contributed by atoms with Gasteiger partial charge in [0.25, 0.3) is 0 Å². The summed E-state index contributed by atoms with van der Waals surface area (Å²) in [7, 11) is 5.33. The lowest BCUT2D eigenvalue weighted by Gasteiger charge is -2.52. The highest BCUT2D eigenvalue weighted by molar-refractivity contribution is 6.02. The second-order valence-electron chi connectivity index (χ2n) is 11.8. The number of carbonyl (C=O) groups excluding carboxylic acids is 2. The first-order valence-corrected chi connectivity index (χ1v) is 13.8. The molecular formula is C31H34F3N7O2. The maximum atomic E-state index is 13.0. The maximum Gasteiger partial charge on any atom is 0.416 e. The molecule has 226 valence electrons. The number of hydrogen-bond acceptors (Lipinski definition) is 5. The summed E-state index contributed by atoms with van der Waals surface area (Å²) in [4.78, 5) is 31.5. The van der Waals surface area contributed by atoms with E-state index in [0.717, 1.165) is 35.4 Å². The monoisotopic (exact) mass is 593 g/mol. The summed E-state index contributed by atoms with van der Waals surface area (Å²) < 4.78 is 40.7. The van der Waals surface area contributed by atoms with E-state index in [1.165, 1.54) is 12.1 Å². The normalized spacial score (nSPS) is 17.8. The molecule has 4 N–H and O–H groups in total. The SMILES string of the molecule is CN(C)C(=O)C[C@@H]1C[C@H](c2cc(-c3ccc(NC(=O)Nc4cccc(C(F)(F)F)c4)cc3)c3c(N)nn(C)c3n2)C1(C)C. The summed E-state index contributed by atoms with van der Waals surface area (Å²) in [5.41, 5.74) is 8.99. The van der Waals surface area contributed by atoms with Crippen molar-refractivity contribution in [3.8, 4) is 11.1 Å². The van der Waals surface area contributed by atoms with Gasteiger partial charge in [-0.25, -0.2) is 14.5 Å². The van der Waals surface area contributed by atoms with Crippen molar-refractivity contribution in [2.45, 2.75) is 38.8 Å². The minimum Gasteiger partial charge on any atom is -0.382 e. The number of nitrogens with two attached hydrogens (primary N) is 1. The van der Waals surface area contributed by atoms with E-state index in [1.807, 2.05) is 18.2 Å². The summed E-state index contributed by atoms with van der Waals surface area (Å²) >= 11 is 0. The summed E-state index contributed by atoms with van der Waals surface area (Å²) in [5.74, 6) is 0.818. The number of urea groups is 1. The van der Waals surface area contributed by atoms with Crippen LogP contribution in [0.3, 0.4) is 0 Å². The van der Waals surface area contributed by atoms with E-state index >= 15 is 0 Å². The number of aryl methyl sites for hydroxylation is 1. The Morgan fingerprint density at radius 1 is 1.07 bits per heavy atom. The Hall–Kier alpha value is -4.61. The average Bonchev–Trinajstić information content (AvgIpc) is 3.23. The zero-order chi connectivity index (χ0) is 31.3. The van der Waals surface area contributed by atoms with Crippen molar-refractivity contribution in [2.24, 2.45) is 18.4 Å². The number of rotatable bonds is 6. The zero-order valence-electron chi connectivity index (χ0n) is 24.6. The van der Waals surface area contributed by atoms with Gasteiger partial charge in [-0.15, -0.1) is 0 Å². The number of nitrogens with one attached hydrogen (secondary N) is 2. The van der Waals surface area contributed by atoms with Gasteiger partial charge in [-0.1, -0.05) is 32.0 Å². The number of nitrogens with zero attached hydrogens (tertiary/aromatic N) is 4. The van der Waals surface area contributed by atoms with Crippen molar-refractivity contribution in [2.75, 3.05) is 30.5 Å². The number of amides is 3. The minimum atomic E-state index is -4.51. The van der Waals surface area contributed by atoms with Gasteiger partial charge in [0.15, 0.2) is 11.5 Å². The maximum absolute atomic E-state index is 13.0. The fraction of sp³-hybridized carbons (Fsp3) is 0.355. The van der Waals surface area contributed by atoms with Crippen molar-refractivity contribution >= 4 is 40.2 Å². The predicted molar refractivity (Wildman–Crippen MR) is 160 cm³/mol. The lowest BCUT2D eigenvalue weighted by molar-refractivity contribution is -0.137. The number of halogens is 3. The highest BCUT2D eigenvalue weighted by Crippen LogP contribution is 2.58. The molecule has 2 aromatic carbocycles. The van der Waals surface area contributed by atoms with Gasteiger partial charge in [0.2, 0.25) is 5.91 Å². The number of fused-ring (bicyclic) bond motifs is 1. The molecule has 43 heavy (non-hydrogen) atoms. The molecule has 5 rings (SSSR count). The number of aromatic nitrogens is 3. The number of hydrogen-bond donors (Lipinski definition) is 3. The van der Waals surface area contributed by atoms with E-state index in [0.29, 0.717) is 29.0 Å². The van der Waals surface area contributed by atoms with E-state index in [2.05, 4.69) is 29.6 Å². The van der Waals surface area contributed by atoms with Crippen LogP contribution in [0.15, 0.2) is 54.6 Å². The van der Waals surface area contributed by atoms with Gasteiger partial charge >= 0.3 is 12.2 Å². The third-order valence-electron chi connectivity index (χ3n) is 8.49. The molecule has 2 heterocycles. The molecule has 2 atom stereocenters. The molecule has 2 aromatic heterocycles. The molecule has 1 saturated carbocycles. The molecular weight excluding hydrogens is 559 g/mol. The van der Waals surface area contributed by atoms with Crippen LogP contribution in [0.1, 0.15) is 43.9 Å². The van der Waals surface area contributed by atoms with E-state index in [4.69, 9.17) is 10.7 Å². The Labute approximate surface area is 247 Å². The Bertz CT molecular complexity index is 1690. The molecule has 0 unspecified atom stereocenters. The number of nitrogen functional groups attached to an aromatic ring is 1. The zero-order valence-corrected chi connectivity index (χ0v) is 24.6. The molecule has 0 aliphatic heterocycles. The highest BCUT2D eigenvalue weighted by atomic mass is 19.4. The molecule has 0 radical (unpaired) electrons. The largest absolute Gasteiger partial charge is 0.416 e. The molecule has 1 aliphatic carbocycles. The standard InChI is InChI=1S/C31H34F3N7O2/c1-30(2)19(15-25(42)40(3)4)14-23(30)24-16-22(26-27(35)39-41(5)28(26)38-24)17-9-11-20(12-10-17)36-29(43)37-21-8-6-7-18(13-21)31(32,33)34/h6-13,16,19,23H,14-15H2,1-5H3,(H2,35,39)(H2,36,37,43)/t19-,23+/m0/s1. The number of alkyl halides is 3. The second kappa shape index (κ2) is 10.9. The van der Waals surface area contributed by atoms with Crippen LogP contribution >= 0.6 is 0 Å². The highest BCUT2D eigenvalue weighted by Gasteiger charge is 2.50. The number of carbonyl (C=O) groups is 2. The van der Waals surface area contributed by atoms with Crippen LogP contribution in [0.4, 0.5) is 35.2 Å². The van der Waals surface area contributed by atoms with E-state index < -0.39 is 17.8 Å².